The van der Waals surface area contributed by atoms with Crippen molar-refractivity contribution in [1.29, 1.82) is 0 Å². The molecule has 0 aliphatic carbocycles. The van der Waals surface area contributed by atoms with Crippen molar-refractivity contribution >= 4 is 16.9 Å². The number of rotatable bonds is 3. The summed E-state index contributed by atoms with van der Waals surface area (Å²) in [7, 11) is 1.47. The Bertz CT molecular complexity index is 834. The fourth-order valence-corrected chi connectivity index (χ4v) is 3.33. The number of halogens is 3. The summed E-state index contributed by atoms with van der Waals surface area (Å²) >= 11 is 0. The van der Waals surface area contributed by atoms with E-state index in [9.17, 15) is 18.0 Å². The Morgan fingerprint density at radius 3 is 2.58 bits per heavy atom. The Balaban J connectivity index is 1.75. The van der Waals surface area contributed by atoms with Crippen molar-refractivity contribution in [2.75, 3.05) is 20.2 Å². The SMILES string of the molecule is C/C=C(/OC)C(=O)N1CCC(n2cnc3cc(C(F)(F)F)ccc32)CC1. The van der Waals surface area contributed by atoms with Crippen molar-refractivity contribution in [1.82, 2.24) is 14.5 Å². The van der Waals surface area contributed by atoms with Crippen LogP contribution in [0.25, 0.3) is 11.0 Å². The molecule has 1 saturated heterocycles. The van der Waals surface area contributed by atoms with Crippen LogP contribution in [0.15, 0.2) is 36.4 Å². The van der Waals surface area contributed by atoms with E-state index < -0.39 is 11.7 Å². The monoisotopic (exact) mass is 367 g/mol. The molecule has 0 bridgehead atoms. The summed E-state index contributed by atoms with van der Waals surface area (Å²) in [5, 5.41) is 0. The largest absolute Gasteiger partial charge is 0.491 e. The molecular formula is C18H20F3N3O2. The van der Waals surface area contributed by atoms with Crippen molar-refractivity contribution in [3.8, 4) is 0 Å². The van der Waals surface area contributed by atoms with E-state index in [4.69, 9.17) is 4.74 Å². The number of hydrogen-bond donors (Lipinski definition) is 0. The average Bonchev–Trinajstić information content (AvgIpc) is 3.05. The molecule has 140 valence electrons. The van der Waals surface area contributed by atoms with Crippen LogP contribution in [-0.2, 0) is 15.7 Å². The first kappa shape index (κ1) is 18.3. The first-order valence-corrected chi connectivity index (χ1v) is 8.38. The number of amides is 1. The third kappa shape index (κ3) is 3.40. The lowest BCUT2D eigenvalue weighted by molar-refractivity contribution is -0.137. The zero-order chi connectivity index (χ0) is 18.9. The molecule has 26 heavy (non-hydrogen) atoms. The van der Waals surface area contributed by atoms with Crippen LogP contribution in [0.2, 0.25) is 0 Å². The second-order valence-corrected chi connectivity index (χ2v) is 6.23. The van der Waals surface area contributed by atoms with Gasteiger partial charge in [0.1, 0.15) is 0 Å². The van der Waals surface area contributed by atoms with Gasteiger partial charge in [0.05, 0.1) is 30.0 Å². The molecule has 8 heteroatoms. The van der Waals surface area contributed by atoms with E-state index in [0.717, 1.165) is 12.1 Å². The summed E-state index contributed by atoms with van der Waals surface area (Å²) < 4.78 is 45.5. The number of alkyl halides is 3. The van der Waals surface area contributed by atoms with E-state index in [-0.39, 0.29) is 11.9 Å². The van der Waals surface area contributed by atoms with Gasteiger partial charge in [0, 0.05) is 19.1 Å². The number of aromatic nitrogens is 2. The Labute approximate surface area is 149 Å². The normalized spacial score (nSPS) is 17.0. The highest BCUT2D eigenvalue weighted by Crippen LogP contribution is 2.33. The van der Waals surface area contributed by atoms with Crippen molar-refractivity contribution in [3.05, 3.63) is 41.9 Å². The zero-order valence-electron chi connectivity index (χ0n) is 14.6. The fourth-order valence-electron chi connectivity index (χ4n) is 3.33. The van der Waals surface area contributed by atoms with Gasteiger partial charge < -0.3 is 14.2 Å². The maximum atomic E-state index is 12.8. The van der Waals surface area contributed by atoms with E-state index in [1.807, 2.05) is 4.57 Å². The lowest BCUT2D eigenvalue weighted by Crippen LogP contribution is -2.40. The molecule has 1 aromatic carbocycles. The van der Waals surface area contributed by atoms with E-state index in [0.29, 0.717) is 42.7 Å². The molecule has 1 fully saturated rings. The molecule has 1 amide bonds. The second-order valence-electron chi connectivity index (χ2n) is 6.23. The van der Waals surface area contributed by atoms with Crippen LogP contribution in [0.4, 0.5) is 13.2 Å². The molecule has 0 atom stereocenters. The Hall–Kier alpha value is -2.51. The van der Waals surface area contributed by atoms with Crippen LogP contribution in [0.1, 0.15) is 31.4 Å². The smallest absolute Gasteiger partial charge is 0.416 e. The molecule has 2 aromatic rings. The van der Waals surface area contributed by atoms with E-state index >= 15 is 0 Å². The summed E-state index contributed by atoms with van der Waals surface area (Å²) in [5.74, 6) is 0.176. The molecule has 0 spiro atoms. The van der Waals surface area contributed by atoms with Gasteiger partial charge in [-0.05, 0) is 44.0 Å². The van der Waals surface area contributed by atoms with Crippen molar-refractivity contribution < 1.29 is 22.7 Å². The minimum absolute atomic E-state index is 0.0948. The quantitative estimate of drug-likeness (QED) is 0.613. The Morgan fingerprint density at radius 2 is 2.00 bits per heavy atom. The van der Waals surface area contributed by atoms with Gasteiger partial charge in [0.15, 0.2) is 5.76 Å². The molecule has 0 N–H and O–H groups in total. The highest BCUT2D eigenvalue weighted by molar-refractivity contribution is 5.91. The van der Waals surface area contributed by atoms with E-state index in [1.165, 1.54) is 13.2 Å². The number of allylic oxidation sites excluding steroid dienone is 1. The van der Waals surface area contributed by atoms with E-state index in [2.05, 4.69) is 4.98 Å². The summed E-state index contributed by atoms with van der Waals surface area (Å²) in [5.41, 5.74) is 0.303. The molecule has 0 radical (unpaired) electrons. The topological polar surface area (TPSA) is 47.4 Å². The third-order valence-corrected chi connectivity index (χ3v) is 4.74. The predicted molar refractivity (Wildman–Crippen MR) is 90.4 cm³/mol. The highest BCUT2D eigenvalue weighted by Gasteiger charge is 2.31. The molecular weight excluding hydrogens is 347 g/mol. The number of nitrogens with zero attached hydrogens (tertiary/aromatic N) is 3. The lowest BCUT2D eigenvalue weighted by Gasteiger charge is -2.33. The highest BCUT2D eigenvalue weighted by atomic mass is 19.4. The molecule has 0 saturated carbocycles. The van der Waals surface area contributed by atoms with Gasteiger partial charge >= 0.3 is 6.18 Å². The Kier molecular flexibility index (Phi) is 4.93. The number of ether oxygens (including phenoxy) is 1. The second kappa shape index (κ2) is 7.01. The molecule has 3 rings (SSSR count). The standard InChI is InChI=1S/C18H20F3N3O2/c1-3-16(26-2)17(25)23-8-6-13(7-9-23)24-11-22-14-10-12(18(19,20)21)4-5-15(14)24/h3-5,10-11,13H,6-9H2,1-2H3/b16-3+. The number of piperidine rings is 1. The number of carbonyl (C=O) groups excluding carboxylic acids is 1. The predicted octanol–water partition coefficient (Wildman–Crippen LogP) is 3.77. The number of benzene rings is 1. The summed E-state index contributed by atoms with van der Waals surface area (Å²) in [6.07, 6.45) is 0.253. The van der Waals surface area contributed by atoms with Crippen molar-refractivity contribution in [3.63, 3.8) is 0 Å². The molecule has 0 unspecified atom stereocenters. The maximum Gasteiger partial charge on any atom is 0.416 e. The minimum Gasteiger partial charge on any atom is -0.491 e. The van der Waals surface area contributed by atoms with Crippen molar-refractivity contribution in [2.45, 2.75) is 32.0 Å². The van der Waals surface area contributed by atoms with Gasteiger partial charge in [0.2, 0.25) is 0 Å². The summed E-state index contributed by atoms with van der Waals surface area (Å²) in [6, 6.07) is 3.71. The summed E-state index contributed by atoms with van der Waals surface area (Å²) in [6.45, 7) is 2.87. The molecule has 5 nitrogen and oxygen atoms in total. The minimum atomic E-state index is -4.38. The third-order valence-electron chi connectivity index (χ3n) is 4.74. The Morgan fingerprint density at radius 1 is 1.31 bits per heavy atom. The number of methoxy groups -OCH3 is 1. The fraction of sp³-hybridized carbons (Fsp3) is 0.444. The molecule has 1 aromatic heterocycles. The lowest BCUT2D eigenvalue weighted by atomic mass is 10.0. The van der Waals surface area contributed by atoms with Gasteiger partial charge in [-0.15, -0.1) is 0 Å². The van der Waals surface area contributed by atoms with Gasteiger partial charge in [0.25, 0.3) is 5.91 Å². The van der Waals surface area contributed by atoms with Gasteiger partial charge in [-0.25, -0.2) is 4.98 Å². The zero-order valence-corrected chi connectivity index (χ0v) is 14.6. The van der Waals surface area contributed by atoms with Gasteiger partial charge in [-0.3, -0.25) is 4.79 Å². The molecule has 2 heterocycles. The van der Waals surface area contributed by atoms with Gasteiger partial charge in [-0.1, -0.05) is 0 Å². The van der Waals surface area contributed by atoms with Crippen LogP contribution in [-0.4, -0.2) is 40.6 Å². The molecule has 1 aliphatic heterocycles. The maximum absolute atomic E-state index is 12.8. The van der Waals surface area contributed by atoms with Crippen LogP contribution in [0.3, 0.4) is 0 Å². The van der Waals surface area contributed by atoms with E-state index in [1.54, 1.807) is 24.2 Å². The van der Waals surface area contributed by atoms with Crippen LogP contribution >= 0.6 is 0 Å². The first-order valence-electron chi connectivity index (χ1n) is 8.38. The van der Waals surface area contributed by atoms with Crippen LogP contribution in [0, 0.1) is 0 Å². The average molecular weight is 367 g/mol. The number of imidazole rings is 1. The summed E-state index contributed by atoms with van der Waals surface area (Å²) in [4.78, 5) is 18.2. The first-order chi connectivity index (χ1) is 12.3. The van der Waals surface area contributed by atoms with Crippen molar-refractivity contribution in [2.24, 2.45) is 0 Å². The number of likely N-dealkylation sites (tertiary alicyclic amines) is 1. The number of carbonyl (C=O) groups is 1. The molecule has 1 aliphatic rings. The number of hydrogen-bond acceptors (Lipinski definition) is 3. The van der Waals surface area contributed by atoms with Crippen LogP contribution in [0.5, 0.6) is 0 Å². The van der Waals surface area contributed by atoms with Crippen LogP contribution < -0.4 is 0 Å². The van der Waals surface area contributed by atoms with Gasteiger partial charge in [-0.2, -0.15) is 13.2 Å². The number of fused-ring (bicyclic) bond motifs is 1.